The summed E-state index contributed by atoms with van der Waals surface area (Å²) in [6.07, 6.45) is 1.74. The Morgan fingerprint density at radius 2 is 2.18 bits per heavy atom. The van der Waals surface area contributed by atoms with Crippen LogP contribution in [-0.4, -0.2) is 33.3 Å². The number of aromatic amines is 1. The molecule has 22 heavy (non-hydrogen) atoms. The number of rotatable bonds is 4. The normalized spacial score (nSPS) is 21.0. The van der Waals surface area contributed by atoms with E-state index in [1.54, 1.807) is 12.1 Å². The van der Waals surface area contributed by atoms with Gasteiger partial charge in [-0.3, -0.25) is 15.2 Å². The van der Waals surface area contributed by atoms with Crippen LogP contribution in [0.15, 0.2) is 24.3 Å². The molecule has 2 aromatic rings. The van der Waals surface area contributed by atoms with Crippen molar-refractivity contribution in [3.8, 4) is 0 Å². The summed E-state index contributed by atoms with van der Waals surface area (Å²) in [7, 11) is 0. The largest absolute Gasteiger partial charge is 0.365 e. The minimum atomic E-state index is -0.436. The Bertz CT molecular complexity index is 656. The van der Waals surface area contributed by atoms with Gasteiger partial charge in [0.15, 0.2) is 0 Å². The third-order valence-corrected chi connectivity index (χ3v) is 3.58. The van der Waals surface area contributed by atoms with Gasteiger partial charge in [-0.25, -0.2) is 4.39 Å². The molecule has 1 aromatic heterocycles. The number of H-pyrrole nitrogens is 1. The fourth-order valence-corrected chi connectivity index (χ4v) is 2.41. The quantitative estimate of drug-likeness (QED) is 0.906. The van der Waals surface area contributed by atoms with Gasteiger partial charge in [-0.1, -0.05) is 12.1 Å². The number of halogens is 1. The van der Waals surface area contributed by atoms with Crippen molar-refractivity contribution in [1.82, 2.24) is 15.2 Å². The van der Waals surface area contributed by atoms with Crippen LogP contribution in [0.25, 0.3) is 0 Å². The molecule has 0 spiro atoms. The van der Waals surface area contributed by atoms with E-state index in [1.165, 1.54) is 12.1 Å². The number of amides is 1. The monoisotopic (exact) mass is 304 g/mol. The van der Waals surface area contributed by atoms with E-state index in [9.17, 15) is 9.18 Å². The minimum absolute atomic E-state index is 0.108. The summed E-state index contributed by atoms with van der Waals surface area (Å²) < 4.78 is 18.3. The van der Waals surface area contributed by atoms with E-state index >= 15 is 0 Å². The molecule has 7 heteroatoms. The van der Waals surface area contributed by atoms with Crippen LogP contribution >= 0.6 is 0 Å². The number of anilines is 1. The second-order valence-electron chi connectivity index (χ2n) is 5.41. The average molecular weight is 304 g/mol. The maximum atomic E-state index is 12.9. The van der Waals surface area contributed by atoms with Crippen molar-refractivity contribution in [2.75, 3.05) is 5.32 Å². The molecule has 1 fully saturated rings. The fourth-order valence-electron chi connectivity index (χ4n) is 2.41. The lowest BCUT2D eigenvalue weighted by atomic mass is 10.1. The van der Waals surface area contributed by atoms with Gasteiger partial charge in [0.1, 0.15) is 17.7 Å². The van der Waals surface area contributed by atoms with Crippen LogP contribution in [0, 0.1) is 5.82 Å². The zero-order valence-electron chi connectivity index (χ0n) is 12.2. The summed E-state index contributed by atoms with van der Waals surface area (Å²) in [6, 6.07) is 6.16. The summed E-state index contributed by atoms with van der Waals surface area (Å²) in [4.78, 5) is 16.2. The van der Waals surface area contributed by atoms with E-state index < -0.39 is 6.10 Å². The Labute approximate surface area is 127 Å². The average Bonchev–Trinajstić information content (AvgIpc) is 3.11. The highest BCUT2D eigenvalue weighted by molar-refractivity contribution is 5.92. The number of carbonyl (C=O) groups excluding carboxylic acids is 1. The molecule has 0 bridgehead atoms. The maximum Gasteiger partial charge on any atom is 0.255 e. The standard InChI is InChI=1S/C15H17FN4O2/c1-9-2-7-12(22-9)14(21)18-15-17-13(19-20-15)8-10-3-5-11(16)6-4-10/h3-6,9,12H,2,7-8H2,1H3,(H2,17,18,19,20,21)/t9-,12+/m1/s1. The number of hydrogen-bond acceptors (Lipinski definition) is 4. The lowest BCUT2D eigenvalue weighted by Crippen LogP contribution is -2.28. The molecule has 0 unspecified atom stereocenters. The molecule has 3 rings (SSSR count). The van der Waals surface area contributed by atoms with Crippen LogP contribution in [-0.2, 0) is 16.0 Å². The summed E-state index contributed by atoms with van der Waals surface area (Å²) >= 11 is 0. The first kappa shape index (κ1) is 14.6. The van der Waals surface area contributed by atoms with Crippen molar-refractivity contribution < 1.29 is 13.9 Å². The maximum absolute atomic E-state index is 12.9. The lowest BCUT2D eigenvalue weighted by molar-refractivity contribution is -0.126. The highest BCUT2D eigenvalue weighted by atomic mass is 19.1. The van der Waals surface area contributed by atoms with Crippen LogP contribution in [0.3, 0.4) is 0 Å². The molecule has 0 aliphatic carbocycles. The molecule has 2 heterocycles. The smallest absolute Gasteiger partial charge is 0.255 e. The number of nitrogens with one attached hydrogen (secondary N) is 2. The van der Waals surface area contributed by atoms with Crippen molar-refractivity contribution in [3.63, 3.8) is 0 Å². The van der Waals surface area contributed by atoms with Crippen molar-refractivity contribution >= 4 is 11.9 Å². The van der Waals surface area contributed by atoms with Crippen LogP contribution in [0.1, 0.15) is 31.2 Å². The van der Waals surface area contributed by atoms with Crippen LogP contribution < -0.4 is 5.32 Å². The zero-order valence-corrected chi connectivity index (χ0v) is 12.2. The van der Waals surface area contributed by atoms with Crippen LogP contribution in [0.5, 0.6) is 0 Å². The molecular formula is C15H17FN4O2. The summed E-state index contributed by atoms with van der Waals surface area (Å²) in [6.45, 7) is 1.95. The Balaban J connectivity index is 1.59. The van der Waals surface area contributed by atoms with E-state index in [4.69, 9.17) is 4.74 Å². The summed E-state index contributed by atoms with van der Waals surface area (Å²) in [5, 5.41) is 9.37. The van der Waals surface area contributed by atoms with Crippen LogP contribution in [0.2, 0.25) is 0 Å². The number of nitrogens with zero attached hydrogens (tertiary/aromatic N) is 2. The van der Waals surface area contributed by atoms with Gasteiger partial charge in [0.25, 0.3) is 5.91 Å². The Morgan fingerprint density at radius 3 is 2.86 bits per heavy atom. The van der Waals surface area contributed by atoms with E-state index in [0.717, 1.165) is 12.0 Å². The van der Waals surface area contributed by atoms with E-state index in [2.05, 4.69) is 20.5 Å². The van der Waals surface area contributed by atoms with Gasteiger partial charge in [-0.15, -0.1) is 5.10 Å². The van der Waals surface area contributed by atoms with E-state index in [1.807, 2.05) is 6.92 Å². The first-order valence-corrected chi connectivity index (χ1v) is 7.22. The second kappa shape index (κ2) is 6.23. The number of carbonyl (C=O) groups is 1. The Hall–Kier alpha value is -2.28. The number of hydrogen-bond donors (Lipinski definition) is 2. The van der Waals surface area contributed by atoms with Crippen molar-refractivity contribution in [3.05, 3.63) is 41.5 Å². The van der Waals surface area contributed by atoms with Gasteiger partial charge in [0, 0.05) is 6.42 Å². The molecule has 6 nitrogen and oxygen atoms in total. The molecule has 0 radical (unpaired) electrons. The fraction of sp³-hybridized carbons (Fsp3) is 0.400. The Morgan fingerprint density at radius 1 is 1.41 bits per heavy atom. The van der Waals surface area contributed by atoms with Crippen molar-refractivity contribution in [2.45, 2.75) is 38.4 Å². The number of benzene rings is 1. The molecule has 1 amide bonds. The van der Waals surface area contributed by atoms with Crippen molar-refractivity contribution in [1.29, 1.82) is 0 Å². The molecule has 2 atom stereocenters. The van der Waals surface area contributed by atoms with Gasteiger partial charge in [-0.2, -0.15) is 4.98 Å². The Kier molecular flexibility index (Phi) is 4.15. The topological polar surface area (TPSA) is 79.9 Å². The van der Waals surface area contributed by atoms with Gasteiger partial charge in [0.2, 0.25) is 5.95 Å². The van der Waals surface area contributed by atoms with Gasteiger partial charge in [0.05, 0.1) is 6.10 Å². The SMILES string of the molecule is C[C@@H]1CC[C@@H](C(=O)Nc2n[nH]c(Cc3ccc(F)cc3)n2)O1. The predicted molar refractivity (Wildman–Crippen MR) is 77.8 cm³/mol. The van der Waals surface area contributed by atoms with Crippen LogP contribution in [0.4, 0.5) is 10.3 Å². The zero-order chi connectivity index (χ0) is 15.5. The van der Waals surface area contributed by atoms with Crippen molar-refractivity contribution in [2.24, 2.45) is 0 Å². The molecule has 1 saturated heterocycles. The summed E-state index contributed by atoms with van der Waals surface area (Å²) in [5.74, 6) is 0.324. The highest BCUT2D eigenvalue weighted by Crippen LogP contribution is 2.20. The molecule has 1 aromatic carbocycles. The van der Waals surface area contributed by atoms with E-state index in [0.29, 0.717) is 18.7 Å². The second-order valence-corrected chi connectivity index (χ2v) is 5.41. The van der Waals surface area contributed by atoms with Gasteiger partial charge >= 0.3 is 0 Å². The van der Waals surface area contributed by atoms with E-state index in [-0.39, 0.29) is 23.8 Å². The lowest BCUT2D eigenvalue weighted by Gasteiger charge is -2.09. The van der Waals surface area contributed by atoms with Gasteiger partial charge in [-0.05, 0) is 37.5 Å². The third kappa shape index (κ3) is 3.48. The predicted octanol–water partition coefficient (Wildman–Crippen LogP) is 2.04. The molecule has 116 valence electrons. The third-order valence-electron chi connectivity index (χ3n) is 3.58. The molecular weight excluding hydrogens is 287 g/mol. The first-order chi connectivity index (χ1) is 10.6. The first-order valence-electron chi connectivity index (χ1n) is 7.22. The molecule has 1 aliphatic rings. The molecule has 1 aliphatic heterocycles. The number of aromatic nitrogens is 3. The molecule has 2 N–H and O–H groups in total. The summed E-state index contributed by atoms with van der Waals surface area (Å²) in [5.41, 5.74) is 0.906. The molecule has 0 saturated carbocycles. The highest BCUT2D eigenvalue weighted by Gasteiger charge is 2.28. The number of ether oxygens (including phenoxy) is 1. The minimum Gasteiger partial charge on any atom is -0.365 e. The van der Waals surface area contributed by atoms with Gasteiger partial charge < -0.3 is 4.74 Å².